The average molecular weight is 397 g/mol. The molecule has 2 nitrogen and oxygen atoms in total. The van der Waals surface area contributed by atoms with E-state index in [1.54, 1.807) is 0 Å². The van der Waals surface area contributed by atoms with Crippen LogP contribution < -0.4 is 0 Å². The van der Waals surface area contributed by atoms with Gasteiger partial charge in [-0.25, -0.2) is 0 Å². The van der Waals surface area contributed by atoms with Gasteiger partial charge in [0.25, 0.3) is 0 Å². The number of furan rings is 1. The Morgan fingerprint density at radius 1 is 0.419 bits per heavy atom. The lowest BCUT2D eigenvalue weighted by atomic mass is 9.98. The Bertz CT molecular complexity index is 1500. The predicted octanol–water partition coefficient (Wildman–Crippen LogP) is 7.98. The van der Waals surface area contributed by atoms with Crippen molar-refractivity contribution in [3.63, 3.8) is 0 Å². The van der Waals surface area contributed by atoms with Crippen LogP contribution in [0.1, 0.15) is 0 Å². The van der Waals surface area contributed by atoms with E-state index >= 15 is 0 Å². The van der Waals surface area contributed by atoms with Crippen LogP contribution in [-0.2, 0) is 0 Å². The summed E-state index contributed by atoms with van der Waals surface area (Å²) in [6, 6.07) is 35.9. The Balaban J connectivity index is 1.52. The fourth-order valence-electron chi connectivity index (χ4n) is 4.28. The zero-order valence-corrected chi connectivity index (χ0v) is 16.8. The van der Waals surface area contributed by atoms with Gasteiger partial charge < -0.3 is 4.42 Å². The van der Waals surface area contributed by atoms with E-state index in [2.05, 4.69) is 89.9 Å². The molecule has 0 amide bonds. The van der Waals surface area contributed by atoms with Gasteiger partial charge in [-0.1, -0.05) is 91.0 Å². The standard InChI is InChI=1S/C29H19NO/c1-2-6-22(7-3-1)24-8-4-10-26-27-11-5-9-25(29(27)31-28(24)26)23-14-12-20(13-15-23)21-16-18-30-19-17-21/h1-19H. The fraction of sp³-hybridized carbons (Fsp3) is 0. The first-order valence-corrected chi connectivity index (χ1v) is 10.4. The Labute approximate surface area is 180 Å². The minimum absolute atomic E-state index is 0.928. The number of rotatable bonds is 3. The van der Waals surface area contributed by atoms with Crippen molar-refractivity contribution in [3.8, 4) is 33.4 Å². The summed E-state index contributed by atoms with van der Waals surface area (Å²) in [5, 5.41) is 2.29. The molecule has 0 aliphatic heterocycles. The van der Waals surface area contributed by atoms with Crippen LogP contribution in [0, 0.1) is 0 Å². The molecule has 2 heterocycles. The molecular formula is C29H19NO. The molecule has 2 heteroatoms. The number of aromatic nitrogens is 1. The van der Waals surface area contributed by atoms with Crippen LogP contribution in [0.15, 0.2) is 120 Å². The van der Waals surface area contributed by atoms with Gasteiger partial charge in [0.1, 0.15) is 11.2 Å². The van der Waals surface area contributed by atoms with E-state index in [0.29, 0.717) is 0 Å². The molecule has 0 radical (unpaired) electrons. The summed E-state index contributed by atoms with van der Waals surface area (Å²) in [5.41, 5.74) is 8.73. The SMILES string of the molecule is c1ccc(-c2cccc3c2oc2c(-c4ccc(-c5ccncc5)cc4)cccc23)cc1. The number of hydrogen-bond acceptors (Lipinski definition) is 2. The molecule has 0 fully saturated rings. The van der Waals surface area contributed by atoms with Gasteiger partial charge in [-0.05, 0) is 34.4 Å². The molecule has 0 N–H and O–H groups in total. The van der Waals surface area contributed by atoms with Crippen LogP contribution in [0.4, 0.5) is 0 Å². The largest absolute Gasteiger partial charge is 0.455 e. The van der Waals surface area contributed by atoms with E-state index in [4.69, 9.17) is 4.42 Å². The third-order valence-electron chi connectivity index (χ3n) is 5.82. The van der Waals surface area contributed by atoms with E-state index in [1.807, 2.05) is 30.6 Å². The van der Waals surface area contributed by atoms with Gasteiger partial charge in [0.2, 0.25) is 0 Å². The summed E-state index contributed by atoms with van der Waals surface area (Å²) >= 11 is 0. The lowest BCUT2D eigenvalue weighted by molar-refractivity contribution is 0.671. The third-order valence-corrected chi connectivity index (χ3v) is 5.82. The molecule has 146 valence electrons. The molecule has 6 aromatic rings. The topological polar surface area (TPSA) is 26.0 Å². The summed E-state index contributed by atoms with van der Waals surface area (Å²) in [5.74, 6) is 0. The van der Waals surface area contributed by atoms with Crippen molar-refractivity contribution in [1.29, 1.82) is 0 Å². The number of fused-ring (bicyclic) bond motifs is 3. The summed E-state index contributed by atoms with van der Waals surface area (Å²) in [6.07, 6.45) is 3.64. The van der Waals surface area contributed by atoms with Crippen LogP contribution in [-0.4, -0.2) is 4.98 Å². The van der Waals surface area contributed by atoms with Gasteiger partial charge >= 0.3 is 0 Å². The van der Waals surface area contributed by atoms with Crippen LogP contribution in [0.5, 0.6) is 0 Å². The summed E-state index contributed by atoms with van der Waals surface area (Å²) in [4.78, 5) is 4.11. The first-order valence-electron chi connectivity index (χ1n) is 10.4. The molecule has 0 aliphatic carbocycles. The van der Waals surface area contributed by atoms with E-state index in [1.165, 1.54) is 5.56 Å². The highest BCUT2D eigenvalue weighted by molar-refractivity contribution is 6.13. The monoisotopic (exact) mass is 397 g/mol. The quantitative estimate of drug-likeness (QED) is 0.302. The molecule has 0 spiro atoms. The third kappa shape index (κ3) is 3.01. The molecule has 2 aromatic heterocycles. The van der Waals surface area contributed by atoms with Crippen molar-refractivity contribution in [1.82, 2.24) is 4.98 Å². The number of para-hydroxylation sites is 2. The van der Waals surface area contributed by atoms with E-state index in [0.717, 1.165) is 49.8 Å². The molecular weight excluding hydrogens is 378 g/mol. The average Bonchev–Trinajstić information content (AvgIpc) is 3.24. The Morgan fingerprint density at radius 2 is 0.935 bits per heavy atom. The van der Waals surface area contributed by atoms with Gasteiger partial charge in [-0.15, -0.1) is 0 Å². The molecule has 0 atom stereocenters. The minimum atomic E-state index is 0.928. The Hall–Kier alpha value is -4.17. The van der Waals surface area contributed by atoms with Gasteiger partial charge in [0.15, 0.2) is 0 Å². The normalized spacial score (nSPS) is 11.2. The maximum Gasteiger partial charge on any atom is 0.143 e. The number of benzene rings is 4. The first kappa shape index (κ1) is 17.7. The van der Waals surface area contributed by atoms with Gasteiger partial charge in [-0.2, -0.15) is 0 Å². The van der Waals surface area contributed by atoms with Crippen LogP contribution in [0.3, 0.4) is 0 Å². The van der Waals surface area contributed by atoms with E-state index in [9.17, 15) is 0 Å². The lowest BCUT2D eigenvalue weighted by Gasteiger charge is -2.05. The van der Waals surface area contributed by atoms with E-state index < -0.39 is 0 Å². The Kier molecular flexibility index (Phi) is 4.14. The molecule has 0 bridgehead atoms. The number of hydrogen-bond donors (Lipinski definition) is 0. The minimum Gasteiger partial charge on any atom is -0.455 e. The first-order chi connectivity index (χ1) is 15.4. The maximum absolute atomic E-state index is 6.53. The highest BCUT2D eigenvalue weighted by atomic mass is 16.3. The number of pyridine rings is 1. The summed E-state index contributed by atoms with van der Waals surface area (Å²) < 4.78 is 6.53. The number of nitrogens with zero attached hydrogens (tertiary/aromatic N) is 1. The van der Waals surface area contributed by atoms with Crippen molar-refractivity contribution in [3.05, 3.63) is 116 Å². The Morgan fingerprint density at radius 3 is 1.55 bits per heavy atom. The maximum atomic E-state index is 6.53. The van der Waals surface area contributed by atoms with Crippen LogP contribution in [0.25, 0.3) is 55.3 Å². The molecule has 4 aromatic carbocycles. The zero-order chi connectivity index (χ0) is 20.6. The van der Waals surface area contributed by atoms with Gasteiger partial charge in [0, 0.05) is 34.3 Å². The smallest absolute Gasteiger partial charge is 0.143 e. The van der Waals surface area contributed by atoms with Crippen LogP contribution in [0.2, 0.25) is 0 Å². The molecule has 31 heavy (non-hydrogen) atoms. The summed E-state index contributed by atoms with van der Waals surface area (Å²) in [6.45, 7) is 0. The van der Waals surface area contributed by atoms with Crippen LogP contribution >= 0.6 is 0 Å². The second-order valence-corrected chi connectivity index (χ2v) is 7.65. The predicted molar refractivity (Wildman–Crippen MR) is 128 cm³/mol. The van der Waals surface area contributed by atoms with Gasteiger partial charge in [-0.3, -0.25) is 4.98 Å². The fourth-order valence-corrected chi connectivity index (χ4v) is 4.28. The second kappa shape index (κ2) is 7.26. The highest BCUT2D eigenvalue weighted by Crippen LogP contribution is 2.39. The highest BCUT2D eigenvalue weighted by Gasteiger charge is 2.15. The second-order valence-electron chi connectivity index (χ2n) is 7.65. The van der Waals surface area contributed by atoms with E-state index in [-0.39, 0.29) is 0 Å². The van der Waals surface area contributed by atoms with Crippen molar-refractivity contribution < 1.29 is 4.42 Å². The molecule has 0 saturated carbocycles. The summed E-state index contributed by atoms with van der Waals surface area (Å²) in [7, 11) is 0. The van der Waals surface area contributed by atoms with Crippen molar-refractivity contribution in [2.45, 2.75) is 0 Å². The lowest BCUT2D eigenvalue weighted by Crippen LogP contribution is -1.81. The molecule has 0 unspecified atom stereocenters. The molecule has 0 aliphatic rings. The van der Waals surface area contributed by atoms with Gasteiger partial charge in [0.05, 0.1) is 0 Å². The molecule has 0 saturated heterocycles. The molecule has 6 rings (SSSR count). The van der Waals surface area contributed by atoms with Crippen molar-refractivity contribution >= 4 is 21.9 Å². The van der Waals surface area contributed by atoms with Crippen molar-refractivity contribution in [2.24, 2.45) is 0 Å². The van der Waals surface area contributed by atoms with Crippen molar-refractivity contribution in [2.75, 3.05) is 0 Å². The zero-order valence-electron chi connectivity index (χ0n) is 16.8.